The number of aliphatic imine (C=N–C) groups is 1. The largest absolute Gasteiger partial charge is 0.385 e. The van der Waals surface area contributed by atoms with Gasteiger partial charge in [-0.15, -0.1) is 24.0 Å². The Morgan fingerprint density at radius 2 is 1.93 bits per heavy atom. The Bertz CT molecular complexity index is 607. The summed E-state index contributed by atoms with van der Waals surface area (Å²) < 4.78 is 11.1. The number of halogens is 1. The Labute approximate surface area is 200 Å². The SMILES string of the molecule is CCNC(=NCc1cccc(CN(C)CC)c1)N1CCC(OCCCOC)CC1.I. The van der Waals surface area contributed by atoms with Gasteiger partial charge in [0.25, 0.3) is 0 Å². The summed E-state index contributed by atoms with van der Waals surface area (Å²) in [5, 5.41) is 3.46. The molecule has 1 aliphatic rings. The van der Waals surface area contributed by atoms with Crippen LogP contribution < -0.4 is 5.32 Å². The molecule has 1 N–H and O–H groups in total. The molecule has 0 atom stereocenters. The summed E-state index contributed by atoms with van der Waals surface area (Å²) >= 11 is 0. The third-order valence-corrected chi connectivity index (χ3v) is 5.32. The van der Waals surface area contributed by atoms with Crippen molar-refractivity contribution in [1.29, 1.82) is 0 Å². The molecular weight excluding hydrogens is 491 g/mol. The van der Waals surface area contributed by atoms with Gasteiger partial charge in [0, 0.05) is 46.5 Å². The Balaban J connectivity index is 0.00000450. The minimum absolute atomic E-state index is 0. The smallest absolute Gasteiger partial charge is 0.194 e. The van der Waals surface area contributed by atoms with E-state index in [-0.39, 0.29) is 24.0 Å². The number of rotatable bonds is 11. The van der Waals surface area contributed by atoms with E-state index in [4.69, 9.17) is 14.5 Å². The zero-order chi connectivity index (χ0) is 20.9. The Morgan fingerprint density at radius 1 is 1.20 bits per heavy atom. The molecule has 2 rings (SSSR count). The standard InChI is InChI=1S/C23H40N4O2.HI/c1-5-24-23(27-13-11-22(12-14-27)29-16-8-15-28-4)25-18-20-9-7-10-21(17-20)19-26(3)6-2;/h7,9-10,17,22H,5-6,8,11-16,18-19H2,1-4H3,(H,24,25);1H. The summed E-state index contributed by atoms with van der Waals surface area (Å²) in [5.41, 5.74) is 2.61. The highest BCUT2D eigenvalue weighted by Crippen LogP contribution is 2.15. The molecule has 0 bridgehead atoms. The topological polar surface area (TPSA) is 49.3 Å². The highest BCUT2D eigenvalue weighted by molar-refractivity contribution is 14.0. The number of piperidine rings is 1. The van der Waals surface area contributed by atoms with Gasteiger partial charge >= 0.3 is 0 Å². The molecule has 0 unspecified atom stereocenters. The maximum Gasteiger partial charge on any atom is 0.194 e. The number of hydrogen-bond acceptors (Lipinski definition) is 4. The number of methoxy groups -OCH3 is 1. The normalized spacial score (nSPS) is 15.4. The van der Waals surface area contributed by atoms with Gasteiger partial charge in [0.05, 0.1) is 12.6 Å². The molecule has 30 heavy (non-hydrogen) atoms. The monoisotopic (exact) mass is 532 g/mol. The maximum absolute atomic E-state index is 5.99. The first-order chi connectivity index (χ1) is 14.2. The van der Waals surface area contributed by atoms with Crippen molar-refractivity contribution in [3.05, 3.63) is 35.4 Å². The highest BCUT2D eigenvalue weighted by atomic mass is 127. The van der Waals surface area contributed by atoms with E-state index in [1.54, 1.807) is 7.11 Å². The van der Waals surface area contributed by atoms with E-state index in [0.29, 0.717) is 12.6 Å². The number of ether oxygens (including phenoxy) is 2. The van der Waals surface area contributed by atoms with Crippen LogP contribution in [0, 0.1) is 0 Å². The predicted octanol–water partition coefficient (Wildman–Crippen LogP) is 3.74. The lowest BCUT2D eigenvalue weighted by molar-refractivity contribution is 0.00990. The van der Waals surface area contributed by atoms with Crippen molar-refractivity contribution in [2.24, 2.45) is 4.99 Å². The zero-order valence-corrected chi connectivity index (χ0v) is 21.6. The maximum atomic E-state index is 5.99. The number of hydrogen-bond donors (Lipinski definition) is 1. The second kappa shape index (κ2) is 15.8. The summed E-state index contributed by atoms with van der Waals surface area (Å²) in [6.45, 7) is 11.5. The molecule has 1 aromatic rings. The van der Waals surface area contributed by atoms with E-state index in [0.717, 1.165) is 71.2 Å². The molecule has 1 fully saturated rings. The molecule has 0 radical (unpaired) electrons. The van der Waals surface area contributed by atoms with Crippen LogP contribution in [0.1, 0.15) is 44.2 Å². The molecular formula is C23H41IN4O2. The highest BCUT2D eigenvalue weighted by Gasteiger charge is 2.21. The van der Waals surface area contributed by atoms with Crippen molar-refractivity contribution in [2.75, 3.05) is 53.6 Å². The van der Waals surface area contributed by atoms with E-state index in [9.17, 15) is 0 Å². The number of guanidine groups is 1. The van der Waals surface area contributed by atoms with Crippen LogP contribution in [0.4, 0.5) is 0 Å². The molecule has 172 valence electrons. The van der Waals surface area contributed by atoms with Crippen molar-refractivity contribution in [3.8, 4) is 0 Å². The summed E-state index contributed by atoms with van der Waals surface area (Å²) in [7, 11) is 3.89. The van der Waals surface area contributed by atoms with Gasteiger partial charge in [-0.05, 0) is 50.9 Å². The van der Waals surface area contributed by atoms with Crippen molar-refractivity contribution in [2.45, 2.75) is 52.3 Å². The van der Waals surface area contributed by atoms with Crippen LogP contribution in [0.15, 0.2) is 29.3 Å². The average molecular weight is 533 g/mol. The van der Waals surface area contributed by atoms with Crippen LogP contribution in [-0.4, -0.2) is 75.4 Å². The van der Waals surface area contributed by atoms with Crippen molar-refractivity contribution >= 4 is 29.9 Å². The Morgan fingerprint density at radius 3 is 2.60 bits per heavy atom. The van der Waals surface area contributed by atoms with Gasteiger partial charge < -0.3 is 24.6 Å². The molecule has 1 aromatic carbocycles. The molecule has 1 aliphatic heterocycles. The first-order valence-electron chi connectivity index (χ1n) is 11.1. The minimum atomic E-state index is 0. The molecule has 0 aliphatic carbocycles. The van der Waals surface area contributed by atoms with Crippen LogP contribution in [0.25, 0.3) is 0 Å². The third-order valence-electron chi connectivity index (χ3n) is 5.32. The predicted molar refractivity (Wildman–Crippen MR) is 136 cm³/mol. The summed E-state index contributed by atoms with van der Waals surface area (Å²) in [5.74, 6) is 1.02. The first-order valence-corrected chi connectivity index (χ1v) is 11.1. The lowest BCUT2D eigenvalue weighted by atomic mass is 10.1. The van der Waals surface area contributed by atoms with Gasteiger partial charge in [0.2, 0.25) is 0 Å². The van der Waals surface area contributed by atoms with E-state index in [1.807, 2.05) is 0 Å². The van der Waals surface area contributed by atoms with Gasteiger partial charge in [0.1, 0.15) is 0 Å². The third kappa shape index (κ3) is 9.94. The average Bonchev–Trinajstić information content (AvgIpc) is 2.75. The van der Waals surface area contributed by atoms with E-state index in [1.165, 1.54) is 11.1 Å². The van der Waals surface area contributed by atoms with Gasteiger partial charge in [-0.1, -0.05) is 31.2 Å². The van der Waals surface area contributed by atoms with Crippen LogP contribution in [0.5, 0.6) is 0 Å². The van der Waals surface area contributed by atoms with Crippen LogP contribution in [-0.2, 0) is 22.6 Å². The Kier molecular flexibility index (Phi) is 14.3. The van der Waals surface area contributed by atoms with Crippen LogP contribution >= 0.6 is 24.0 Å². The molecule has 1 saturated heterocycles. The lowest BCUT2D eigenvalue weighted by Gasteiger charge is -2.34. The van der Waals surface area contributed by atoms with Crippen molar-refractivity contribution in [3.63, 3.8) is 0 Å². The Hall–Kier alpha value is -0.900. The summed E-state index contributed by atoms with van der Waals surface area (Å²) in [6.07, 6.45) is 3.43. The van der Waals surface area contributed by atoms with Gasteiger partial charge in [-0.2, -0.15) is 0 Å². The number of benzene rings is 1. The van der Waals surface area contributed by atoms with Gasteiger partial charge in [-0.25, -0.2) is 4.99 Å². The second-order valence-electron chi connectivity index (χ2n) is 7.72. The van der Waals surface area contributed by atoms with Crippen LogP contribution in [0.3, 0.4) is 0 Å². The van der Waals surface area contributed by atoms with E-state index < -0.39 is 0 Å². The lowest BCUT2D eigenvalue weighted by Crippen LogP contribution is -2.47. The fourth-order valence-corrected chi connectivity index (χ4v) is 3.53. The number of nitrogens with one attached hydrogen (secondary N) is 1. The zero-order valence-electron chi connectivity index (χ0n) is 19.2. The summed E-state index contributed by atoms with van der Waals surface area (Å²) in [4.78, 5) is 9.60. The van der Waals surface area contributed by atoms with Crippen LogP contribution in [0.2, 0.25) is 0 Å². The molecule has 0 spiro atoms. The van der Waals surface area contributed by atoms with Gasteiger partial charge in [-0.3, -0.25) is 0 Å². The van der Waals surface area contributed by atoms with Crippen molar-refractivity contribution in [1.82, 2.24) is 15.1 Å². The quantitative estimate of drug-likeness (QED) is 0.204. The molecule has 6 nitrogen and oxygen atoms in total. The van der Waals surface area contributed by atoms with E-state index >= 15 is 0 Å². The molecule has 0 saturated carbocycles. The summed E-state index contributed by atoms with van der Waals surface area (Å²) in [6, 6.07) is 8.78. The molecule has 0 amide bonds. The number of likely N-dealkylation sites (tertiary alicyclic amines) is 1. The number of nitrogens with zero attached hydrogens (tertiary/aromatic N) is 3. The van der Waals surface area contributed by atoms with E-state index in [2.05, 4.69) is 60.3 Å². The minimum Gasteiger partial charge on any atom is -0.385 e. The molecule has 1 heterocycles. The molecule has 0 aromatic heterocycles. The van der Waals surface area contributed by atoms with Crippen molar-refractivity contribution < 1.29 is 9.47 Å². The second-order valence-corrected chi connectivity index (χ2v) is 7.72. The van der Waals surface area contributed by atoms with Gasteiger partial charge in [0.15, 0.2) is 5.96 Å². The fraction of sp³-hybridized carbons (Fsp3) is 0.696. The first kappa shape index (κ1) is 27.1. The fourth-order valence-electron chi connectivity index (χ4n) is 3.53. The molecule has 7 heteroatoms.